The van der Waals surface area contributed by atoms with E-state index in [1.165, 1.54) is 41.3 Å². The van der Waals surface area contributed by atoms with Gasteiger partial charge in [0.15, 0.2) is 5.96 Å². The fourth-order valence-corrected chi connectivity index (χ4v) is 3.83. The third-order valence-electron chi connectivity index (χ3n) is 4.26. The lowest BCUT2D eigenvalue weighted by atomic mass is 10.0. The molecule has 0 fully saturated rings. The quantitative estimate of drug-likeness (QED) is 0.429. The Balaban J connectivity index is 1.76. The van der Waals surface area contributed by atoms with Gasteiger partial charge in [0.2, 0.25) is 0 Å². The Morgan fingerprint density at radius 1 is 1.29 bits per heavy atom. The molecule has 1 aliphatic rings. The SMILES string of the molecule is CCNC(=NCC(C)(C)OC)NCCCc1nc2c(s1)CCCC2. The normalized spacial score (nSPS) is 15.2. The molecule has 0 amide bonds. The summed E-state index contributed by atoms with van der Waals surface area (Å²) >= 11 is 1.92. The number of aryl methyl sites for hydroxylation is 3. The molecule has 0 unspecified atom stereocenters. The first-order valence-corrected chi connectivity index (χ1v) is 9.90. The number of fused-ring (bicyclic) bond motifs is 1. The van der Waals surface area contributed by atoms with Crippen molar-refractivity contribution in [3.8, 4) is 0 Å². The van der Waals surface area contributed by atoms with Crippen LogP contribution in [0.1, 0.15) is 55.6 Å². The molecule has 136 valence electrons. The summed E-state index contributed by atoms with van der Waals surface area (Å²) in [5, 5.41) is 7.99. The molecular weight excluding hydrogens is 320 g/mol. The molecule has 24 heavy (non-hydrogen) atoms. The average molecular weight is 353 g/mol. The predicted molar refractivity (Wildman–Crippen MR) is 102 cm³/mol. The number of rotatable bonds is 8. The highest BCUT2D eigenvalue weighted by Gasteiger charge is 2.16. The minimum Gasteiger partial charge on any atom is -0.377 e. The summed E-state index contributed by atoms with van der Waals surface area (Å²) in [5.41, 5.74) is 1.13. The molecule has 0 aliphatic heterocycles. The van der Waals surface area contributed by atoms with E-state index in [9.17, 15) is 0 Å². The number of ether oxygens (including phenoxy) is 1. The minimum atomic E-state index is -0.234. The van der Waals surface area contributed by atoms with Crippen molar-refractivity contribution < 1.29 is 4.74 Å². The third kappa shape index (κ3) is 6.06. The molecule has 6 heteroatoms. The van der Waals surface area contributed by atoms with Crippen LogP contribution in [0.3, 0.4) is 0 Å². The van der Waals surface area contributed by atoms with Crippen molar-refractivity contribution in [1.29, 1.82) is 0 Å². The maximum Gasteiger partial charge on any atom is 0.191 e. The summed E-state index contributed by atoms with van der Waals surface area (Å²) in [5.74, 6) is 0.862. The van der Waals surface area contributed by atoms with E-state index in [1.54, 1.807) is 7.11 Å². The van der Waals surface area contributed by atoms with E-state index in [2.05, 4.69) is 22.5 Å². The van der Waals surface area contributed by atoms with Crippen molar-refractivity contribution in [3.63, 3.8) is 0 Å². The summed E-state index contributed by atoms with van der Waals surface area (Å²) < 4.78 is 5.42. The van der Waals surface area contributed by atoms with Crippen LogP contribution in [0.5, 0.6) is 0 Å². The maximum absolute atomic E-state index is 5.42. The first-order chi connectivity index (χ1) is 11.5. The molecule has 1 aromatic heterocycles. The van der Waals surface area contributed by atoms with Crippen molar-refractivity contribution in [2.45, 2.75) is 64.9 Å². The number of aliphatic imine (C=N–C) groups is 1. The minimum absolute atomic E-state index is 0.234. The van der Waals surface area contributed by atoms with Gasteiger partial charge < -0.3 is 15.4 Å². The van der Waals surface area contributed by atoms with E-state index in [0.29, 0.717) is 6.54 Å². The zero-order valence-electron chi connectivity index (χ0n) is 15.6. The Labute approximate surface area is 150 Å². The number of aromatic nitrogens is 1. The van der Waals surface area contributed by atoms with Crippen LogP contribution in [0.25, 0.3) is 0 Å². The Morgan fingerprint density at radius 2 is 2.08 bits per heavy atom. The van der Waals surface area contributed by atoms with Gasteiger partial charge in [-0.15, -0.1) is 11.3 Å². The zero-order chi connectivity index (χ0) is 17.4. The molecule has 0 saturated heterocycles. The van der Waals surface area contributed by atoms with E-state index in [0.717, 1.165) is 31.9 Å². The maximum atomic E-state index is 5.42. The summed E-state index contributed by atoms with van der Waals surface area (Å²) in [6.07, 6.45) is 7.17. The van der Waals surface area contributed by atoms with E-state index in [4.69, 9.17) is 9.72 Å². The second-order valence-corrected chi connectivity index (χ2v) is 8.04. The number of hydrogen-bond donors (Lipinski definition) is 2. The summed E-state index contributed by atoms with van der Waals surface area (Å²) in [4.78, 5) is 11.0. The van der Waals surface area contributed by atoms with Crippen LogP contribution >= 0.6 is 11.3 Å². The number of nitrogens with one attached hydrogen (secondary N) is 2. The lowest BCUT2D eigenvalue weighted by molar-refractivity contribution is 0.0310. The Morgan fingerprint density at radius 3 is 2.79 bits per heavy atom. The molecule has 5 nitrogen and oxygen atoms in total. The largest absolute Gasteiger partial charge is 0.377 e. The van der Waals surface area contributed by atoms with Crippen molar-refractivity contribution >= 4 is 17.3 Å². The average Bonchev–Trinajstić information content (AvgIpc) is 2.99. The van der Waals surface area contributed by atoms with Gasteiger partial charge in [-0.05, 0) is 52.9 Å². The van der Waals surface area contributed by atoms with Crippen LogP contribution < -0.4 is 10.6 Å². The lowest BCUT2D eigenvalue weighted by Crippen LogP contribution is -2.39. The second kappa shape index (κ2) is 9.37. The fourth-order valence-electron chi connectivity index (χ4n) is 2.63. The molecule has 1 aliphatic carbocycles. The standard InChI is InChI=1S/C18H32N4OS/c1-5-19-17(21-13-18(2,3)23-4)20-12-8-11-16-22-14-9-6-7-10-15(14)24-16/h5-13H2,1-4H3,(H2,19,20,21). The van der Waals surface area contributed by atoms with E-state index >= 15 is 0 Å². The van der Waals surface area contributed by atoms with Gasteiger partial charge in [0.1, 0.15) is 0 Å². The highest BCUT2D eigenvalue weighted by molar-refractivity contribution is 7.11. The molecule has 0 aromatic carbocycles. The molecule has 0 bridgehead atoms. The van der Waals surface area contributed by atoms with Gasteiger partial charge in [0.05, 0.1) is 22.8 Å². The fraction of sp³-hybridized carbons (Fsp3) is 0.778. The number of nitrogens with zero attached hydrogens (tertiary/aromatic N) is 2. The molecule has 2 N–H and O–H groups in total. The molecule has 2 rings (SSSR count). The topological polar surface area (TPSA) is 58.5 Å². The van der Waals surface area contributed by atoms with Gasteiger partial charge in [-0.3, -0.25) is 4.99 Å². The summed E-state index contributed by atoms with van der Waals surface area (Å²) in [6, 6.07) is 0. The number of thiazole rings is 1. The number of hydrogen-bond acceptors (Lipinski definition) is 4. The molecule has 1 aromatic rings. The van der Waals surface area contributed by atoms with Crippen molar-refractivity contribution in [2.24, 2.45) is 4.99 Å². The van der Waals surface area contributed by atoms with E-state index in [1.807, 2.05) is 25.2 Å². The van der Waals surface area contributed by atoms with Crippen LogP contribution in [0, 0.1) is 0 Å². The monoisotopic (exact) mass is 352 g/mol. The zero-order valence-corrected chi connectivity index (χ0v) is 16.4. The van der Waals surface area contributed by atoms with Gasteiger partial charge in [-0.25, -0.2) is 4.98 Å². The van der Waals surface area contributed by atoms with Gasteiger partial charge in [0.25, 0.3) is 0 Å². The van der Waals surface area contributed by atoms with Gasteiger partial charge in [-0.1, -0.05) is 0 Å². The highest BCUT2D eigenvalue weighted by Crippen LogP contribution is 2.27. The van der Waals surface area contributed by atoms with E-state index < -0.39 is 0 Å². The van der Waals surface area contributed by atoms with Crippen molar-refractivity contribution in [3.05, 3.63) is 15.6 Å². The first kappa shape index (κ1) is 19.2. The van der Waals surface area contributed by atoms with Gasteiger partial charge >= 0.3 is 0 Å². The van der Waals surface area contributed by atoms with Crippen LogP contribution in [0.2, 0.25) is 0 Å². The predicted octanol–water partition coefficient (Wildman–Crippen LogP) is 2.93. The van der Waals surface area contributed by atoms with Gasteiger partial charge in [-0.2, -0.15) is 0 Å². The van der Waals surface area contributed by atoms with Crippen molar-refractivity contribution in [1.82, 2.24) is 15.6 Å². The number of methoxy groups -OCH3 is 1. The summed E-state index contributed by atoms with van der Waals surface area (Å²) in [6.45, 7) is 8.58. The summed E-state index contributed by atoms with van der Waals surface area (Å²) in [7, 11) is 1.73. The Kier molecular flexibility index (Phi) is 7.49. The Bertz CT molecular complexity index is 516. The lowest BCUT2D eigenvalue weighted by Gasteiger charge is -2.21. The van der Waals surface area contributed by atoms with Crippen LogP contribution in [0.15, 0.2) is 4.99 Å². The van der Waals surface area contributed by atoms with Gasteiger partial charge in [0, 0.05) is 31.5 Å². The van der Waals surface area contributed by atoms with Crippen LogP contribution in [-0.4, -0.2) is 43.3 Å². The van der Waals surface area contributed by atoms with Crippen LogP contribution in [0.4, 0.5) is 0 Å². The smallest absolute Gasteiger partial charge is 0.191 e. The molecule has 0 radical (unpaired) electrons. The number of guanidine groups is 1. The molecule has 0 spiro atoms. The van der Waals surface area contributed by atoms with E-state index in [-0.39, 0.29) is 5.60 Å². The van der Waals surface area contributed by atoms with Crippen LogP contribution in [-0.2, 0) is 24.0 Å². The highest BCUT2D eigenvalue weighted by atomic mass is 32.1. The molecular formula is C18H32N4OS. The third-order valence-corrected chi connectivity index (χ3v) is 5.48. The second-order valence-electron chi connectivity index (χ2n) is 6.87. The first-order valence-electron chi connectivity index (χ1n) is 9.09. The molecule has 1 heterocycles. The molecule has 0 saturated carbocycles. The molecule has 0 atom stereocenters. The van der Waals surface area contributed by atoms with Crippen molar-refractivity contribution in [2.75, 3.05) is 26.7 Å². The Hall–Kier alpha value is -1.14.